The predicted molar refractivity (Wildman–Crippen MR) is 108 cm³/mol. The second kappa shape index (κ2) is 8.04. The van der Waals surface area contributed by atoms with Crippen LogP contribution >= 0.6 is 0 Å². The molecule has 1 amide bonds. The van der Waals surface area contributed by atoms with Gasteiger partial charge in [0.15, 0.2) is 0 Å². The van der Waals surface area contributed by atoms with Gasteiger partial charge in [0.05, 0.1) is 12.7 Å². The summed E-state index contributed by atoms with van der Waals surface area (Å²) in [4.78, 5) is 14.6. The third-order valence-corrected chi connectivity index (χ3v) is 5.47. The molecule has 1 aliphatic heterocycles. The van der Waals surface area contributed by atoms with E-state index in [-0.39, 0.29) is 0 Å². The van der Waals surface area contributed by atoms with Crippen LogP contribution in [0.5, 0.6) is 5.75 Å². The lowest BCUT2D eigenvalue weighted by atomic mass is 10.1. The van der Waals surface area contributed by atoms with Crippen molar-refractivity contribution in [2.24, 2.45) is 0 Å². The minimum atomic E-state index is -0.539. The number of amides is 1. The van der Waals surface area contributed by atoms with E-state index in [0.717, 1.165) is 30.7 Å². The van der Waals surface area contributed by atoms with Crippen molar-refractivity contribution in [1.29, 1.82) is 0 Å². The molecule has 6 nitrogen and oxygen atoms in total. The number of para-hydroxylation sites is 1. The zero-order chi connectivity index (χ0) is 19.5. The van der Waals surface area contributed by atoms with E-state index in [1.54, 1.807) is 18.7 Å². The van der Waals surface area contributed by atoms with Crippen LogP contribution in [0.3, 0.4) is 0 Å². The number of aromatic nitrogens is 1. The number of nitrogens with one attached hydrogen (secondary N) is 1. The molecule has 0 aliphatic carbocycles. The van der Waals surface area contributed by atoms with Gasteiger partial charge in [0.25, 0.3) is 5.91 Å². The minimum absolute atomic E-state index is 0.403. The highest BCUT2D eigenvalue weighted by Crippen LogP contribution is 2.26. The van der Waals surface area contributed by atoms with Gasteiger partial charge in [0.2, 0.25) is 0 Å². The summed E-state index contributed by atoms with van der Waals surface area (Å²) in [5, 5.41) is 10.4. The molecule has 2 aromatic carbocycles. The van der Waals surface area contributed by atoms with E-state index in [1.807, 2.05) is 18.2 Å². The lowest BCUT2D eigenvalue weighted by Gasteiger charge is -2.13. The lowest BCUT2D eigenvalue weighted by Crippen LogP contribution is -2.21. The van der Waals surface area contributed by atoms with Gasteiger partial charge in [-0.15, -0.1) is 0 Å². The van der Waals surface area contributed by atoms with Crippen LogP contribution in [0.1, 0.15) is 34.3 Å². The number of likely N-dealkylation sites (tertiary alicyclic amines) is 1. The van der Waals surface area contributed by atoms with Gasteiger partial charge in [-0.3, -0.25) is 14.9 Å². The predicted octanol–water partition coefficient (Wildman–Crippen LogP) is 3.41. The van der Waals surface area contributed by atoms with Crippen LogP contribution in [0, 0.1) is 0 Å². The number of carbonyl (C=O) groups is 1. The molecule has 0 saturated carbocycles. The second-order valence-electron chi connectivity index (χ2n) is 7.25. The highest BCUT2D eigenvalue weighted by molar-refractivity contribution is 5.95. The molecular formula is C22H25N3O3. The smallest absolute Gasteiger partial charge is 0.275 e. The number of ether oxygens (including phenoxy) is 1. The fraction of sp³-hybridized carbons (Fsp3) is 0.318. The van der Waals surface area contributed by atoms with E-state index in [0.29, 0.717) is 17.9 Å². The number of nitrogens with zero attached hydrogens (tertiary/aromatic N) is 2. The monoisotopic (exact) mass is 379 g/mol. The summed E-state index contributed by atoms with van der Waals surface area (Å²) in [6.07, 6.45) is 4.72. The number of fused-ring (bicyclic) bond motifs is 1. The summed E-state index contributed by atoms with van der Waals surface area (Å²) < 4.78 is 7.41. The zero-order valence-corrected chi connectivity index (χ0v) is 16.0. The third-order valence-electron chi connectivity index (χ3n) is 5.47. The zero-order valence-electron chi connectivity index (χ0n) is 16.0. The number of carbonyl (C=O) groups excluding carboxylic acids is 1. The number of rotatable bonds is 6. The van der Waals surface area contributed by atoms with Gasteiger partial charge in [-0.2, -0.15) is 0 Å². The molecule has 0 atom stereocenters. The summed E-state index contributed by atoms with van der Waals surface area (Å²) >= 11 is 0. The fourth-order valence-electron chi connectivity index (χ4n) is 4.04. The average Bonchev–Trinajstić information content (AvgIpc) is 3.37. The highest BCUT2D eigenvalue weighted by Gasteiger charge is 2.17. The molecule has 0 bridgehead atoms. The van der Waals surface area contributed by atoms with Gasteiger partial charge in [-0.05, 0) is 55.3 Å². The first kappa shape index (κ1) is 18.5. The summed E-state index contributed by atoms with van der Waals surface area (Å²) in [5.74, 6) is 0.0390. The Morgan fingerprint density at radius 1 is 1.11 bits per heavy atom. The van der Waals surface area contributed by atoms with Crippen molar-refractivity contribution < 1.29 is 14.7 Å². The van der Waals surface area contributed by atoms with Crippen molar-refractivity contribution >= 4 is 16.8 Å². The van der Waals surface area contributed by atoms with Gasteiger partial charge >= 0.3 is 0 Å². The normalized spacial score (nSPS) is 14.5. The van der Waals surface area contributed by atoms with Crippen LogP contribution in [0.2, 0.25) is 0 Å². The van der Waals surface area contributed by atoms with Crippen LogP contribution in [0.25, 0.3) is 10.9 Å². The molecule has 0 spiro atoms. The molecular weight excluding hydrogens is 354 g/mol. The maximum Gasteiger partial charge on any atom is 0.275 e. The SMILES string of the molecule is COc1ccc(Cn2cc(CN3CCCC3)c3ccccc32)c(C(=O)NO)c1. The number of hydrogen-bond acceptors (Lipinski definition) is 4. The Bertz CT molecular complexity index is 990. The maximum absolute atomic E-state index is 12.2. The molecule has 2 heterocycles. The first-order valence-corrected chi connectivity index (χ1v) is 9.60. The fourth-order valence-corrected chi connectivity index (χ4v) is 4.04. The van der Waals surface area contributed by atoms with E-state index >= 15 is 0 Å². The molecule has 2 N–H and O–H groups in total. The summed E-state index contributed by atoms with van der Waals surface area (Å²) in [7, 11) is 1.56. The Morgan fingerprint density at radius 3 is 2.64 bits per heavy atom. The van der Waals surface area contributed by atoms with Crippen LogP contribution < -0.4 is 10.2 Å². The Hall–Kier alpha value is -2.83. The number of hydroxylamine groups is 1. The molecule has 1 fully saturated rings. The lowest BCUT2D eigenvalue weighted by molar-refractivity contribution is 0.0705. The molecule has 0 radical (unpaired) electrons. The van der Waals surface area contributed by atoms with Crippen molar-refractivity contribution in [1.82, 2.24) is 14.9 Å². The van der Waals surface area contributed by atoms with Crippen LogP contribution in [0.4, 0.5) is 0 Å². The summed E-state index contributed by atoms with van der Waals surface area (Å²) in [6.45, 7) is 3.78. The molecule has 6 heteroatoms. The van der Waals surface area contributed by atoms with Gasteiger partial charge in [-0.1, -0.05) is 24.3 Å². The minimum Gasteiger partial charge on any atom is -0.497 e. The molecule has 4 rings (SSSR count). The Labute approximate surface area is 164 Å². The average molecular weight is 379 g/mol. The summed E-state index contributed by atoms with van der Waals surface area (Å²) in [6, 6.07) is 13.7. The quantitative estimate of drug-likeness (QED) is 0.509. The Morgan fingerprint density at radius 2 is 1.89 bits per heavy atom. The van der Waals surface area contributed by atoms with E-state index in [4.69, 9.17) is 9.94 Å². The van der Waals surface area contributed by atoms with Crippen LogP contribution in [-0.2, 0) is 13.1 Å². The van der Waals surface area contributed by atoms with Crippen molar-refractivity contribution in [2.45, 2.75) is 25.9 Å². The maximum atomic E-state index is 12.2. The molecule has 1 saturated heterocycles. The molecule has 146 valence electrons. The summed E-state index contributed by atoms with van der Waals surface area (Å²) in [5.41, 5.74) is 5.41. The Kier molecular flexibility index (Phi) is 5.32. The van der Waals surface area contributed by atoms with Gasteiger partial charge in [0.1, 0.15) is 5.75 Å². The largest absolute Gasteiger partial charge is 0.497 e. The molecule has 0 unspecified atom stereocenters. The number of methoxy groups -OCH3 is 1. The van der Waals surface area contributed by atoms with Crippen molar-refractivity contribution in [3.8, 4) is 5.75 Å². The Balaban J connectivity index is 1.71. The van der Waals surface area contributed by atoms with E-state index in [9.17, 15) is 4.79 Å². The second-order valence-corrected chi connectivity index (χ2v) is 7.25. The molecule has 1 aromatic heterocycles. The third kappa shape index (κ3) is 3.61. The van der Waals surface area contributed by atoms with E-state index in [1.165, 1.54) is 23.8 Å². The standard InChI is InChI=1S/C22H25N3O3/c1-28-18-9-8-16(20(12-18)22(26)23-27)14-25-15-17(13-24-10-4-5-11-24)19-6-2-3-7-21(19)25/h2-3,6-9,12,15,27H,4-5,10-11,13-14H2,1H3,(H,23,26). The molecule has 3 aromatic rings. The first-order chi connectivity index (χ1) is 13.7. The van der Waals surface area contributed by atoms with Crippen LogP contribution in [-0.4, -0.2) is 40.8 Å². The van der Waals surface area contributed by atoms with Gasteiger partial charge in [0, 0.05) is 30.2 Å². The van der Waals surface area contributed by atoms with E-state index in [2.05, 4.69) is 33.9 Å². The van der Waals surface area contributed by atoms with Crippen molar-refractivity contribution in [3.63, 3.8) is 0 Å². The number of hydrogen-bond donors (Lipinski definition) is 2. The number of benzene rings is 2. The van der Waals surface area contributed by atoms with Crippen LogP contribution in [0.15, 0.2) is 48.7 Å². The molecule has 28 heavy (non-hydrogen) atoms. The van der Waals surface area contributed by atoms with Crippen molar-refractivity contribution in [3.05, 3.63) is 65.4 Å². The first-order valence-electron chi connectivity index (χ1n) is 9.60. The van der Waals surface area contributed by atoms with Gasteiger partial charge in [-0.25, -0.2) is 5.48 Å². The molecule has 1 aliphatic rings. The topological polar surface area (TPSA) is 66.7 Å². The van der Waals surface area contributed by atoms with Crippen molar-refractivity contribution in [2.75, 3.05) is 20.2 Å². The van der Waals surface area contributed by atoms with Gasteiger partial charge < -0.3 is 9.30 Å². The highest BCUT2D eigenvalue weighted by atomic mass is 16.5. The van der Waals surface area contributed by atoms with E-state index < -0.39 is 5.91 Å².